The minimum atomic E-state index is -1.40. The van der Waals surface area contributed by atoms with Crippen LogP contribution in [0.4, 0.5) is 5.69 Å². The number of amides is 1. The number of aryl methyl sites for hydroxylation is 1. The van der Waals surface area contributed by atoms with E-state index < -0.39 is 10.8 Å². The zero-order valence-electron chi connectivity index (χ0n) is 11.5. The van der Waals surface area contributed by atoms with Crippen LogP contribution in [0.1, 0.15) is 11.1 Å². The van der Waals surface area contributed by atoms with E-state index in [-0.39, 0.29) is 11.7 Å². The van der Waals surface area contributed by atoms with Crippen molar-refractivity contribution >= 4 is 22.4 Å². The van der Waals surface area contributed by atoms with Crippen molar-refractivity contribution < 1.29 is 9.00 Å². The fourth-order valence-electron chi connectivity index (χ4n) is 1.77. The summed E-state index contributed by atoms with van der Waals surface area (Å²) in [7, 11) is -1.40. The average molecular weight is 298 g/mol. The first-order valence-corrected chi connectivity index (χ1v) is 7.66. The van der Waals surface area contributed by atoms with Gasteiger partial charge in [-0.2, -0.15) is 5.26 Å². The first kappa shape index (κ1) is 14.9. The van der Waals surface area contributed by atoms with Crippen molar-refractivity contribution in [2.45, 2.75) is 11.8 Å². The van der Waals surface area contributed by atoms with Gasteiger partial charge >= 0.3 is 0 Å². The fraction of sp³-hybridized carbons (Fsp3) is 0.125. The second-order valence-electron chi connectivity index (χ2n) is 4.51. The van der Waals surface area contributed by atoms with Crippen molar-refractivity contribution in [3.63, 3.8) is 0 Å². The van der Waals surface area contributed by atoms with E-state index in [0.717, 1.165) is 5.56 Å². The first-order chi connectivity index (χ1) is 10.1. The van der Waals surface area contributed by atoms with E-state index in [1.165, 1.54) is 0 Å². The highest BCUT2D eigenvalue weighted by Gasteiger charge is 2.11. The zero-order valence-corrected chi connectivity index (χ0v) is 12.3. The van der Waals surface area contributed by atoms with Gasteiger partial charge in [0.05, 0.1) is 22.1 Å². The molecule has 0 bridgehead atoms. The highest BCUT2D eigenvalue weighted by molar-refractivity contribution is 7.85. The topological polar surface area (TPSA) is 70.0 Å². The molecule has 106 valence electrons. The summed E-state index contributed by atoms with van der Waals surface area (Å²) in [4.78, 5) is 12.5. The van der Waals surface area contributed by atoms with Crippen molar-refractivity contribution in [1.82, 2.24) is 0 Å². The lowest BCUT2D eigenvalue weighted by atomic mass is 10.2. The van der Waals surface area contributed by atoms with Crippen molar-refractivity contribution in [2.24, 2.45) is 0 Å². The average Bonchev–Trinajstić information content (AvgIpc) is 2.48. The molecule has 0 heterocycles. The molecule has 0 aliphatic carbocycles. The van der Waals surface area contributed by atoms with Gasteiger partial charge in [-0.25, -0.2) is 0 Å². The monoisotopic (exact) mass is 298 g/mol. The second kappa shape index (κ2) is 6.82. The van der Waals surface area contributed by atoms with Gasteiger partial charge in [-0.15, -0.1) is 0 Å². The summed E-state index contributed by atoms with van der Waals surface area (Å²) in [5.41, 5.74) is 1.89. The molecular formula is C16H14N2O2S. The molecule has 1 amide bonds. The molecule has 0 fully saturated rings. The number of rotatable bonds is 4. The van der Waals surface area contributed by atoms with Crippen LogP contribution in [0.25, 0.3) is 0 Å². The molecule has 0 radical (unpaired) electrons. The highest BCUT2D eigenvalue weighted by atomic mass is 32.2. The van der Waals surface area contributed by atoms with Gasteiger partial charge in [-0.05, 0) is 31.2 Å². The molecule has 0 aliphatic rings. The summed E-state index contributed by atoms with van der Waals surface area (Å²) < 4.78 is 12.1. The number of nitrogens with zero attached hydrogens (tertiary/aromatic N) is 1. The quantitative estimate of drug-likeness (QED) is 0.943. The van der Waals surface area contributed by atoms with E-state index in [4.69, 9.17) is 5.26 Å². The molecule has 0 aromatic heterocycles. The van der Waals surface area contributed by atoms with Crippen molar-refractivity contribution in [3.8, 4) is 6.07 Å². The third kappa shape index (κ3) is 4.01. The Kier molecular flexibility index (Phi) is 4.85. The summed E-state index contributed by atoms with van der Waals surface area (Å²) in [5, 5.41) is 11.6. The van der Waals surface area contributed by atoms with Gasteiger partial charge in [0.15, 0.2) is 0 Å². The molecule has 1 N–H and O–H groups in total. The van der Waals surface area contributed by atoms with E-state index in [1.54, 1.807) is 36.4 Å². The smallest absolute Gasteiger partial charge is 0.237 e. The summed E-state index contributed by atoms with van der Waals surface area (Å²) in [6.45, 7) is 1.94. The Hall–Kier alpha value is -2.45. The summed E-state index contributed by atoms with van der Waals surface area (Å²) in [5.74, 6) is -0.514. The number of hydrogen-bond acceptors (Lipinski definition) is 3. The molecule has 0 saturated carbocycles. The molecule has 21 heavy (non-hydrogen) atoms. The predicted molar refractivity (Wildman–Crippen MR) is 82.2 cm³/mol. The number of carbonyl (C=O) groups is 1. The zero-order chi connectivity index (χ0) is 15.2. The molecule has 4 nitrogen and oxygen atoms in total. The van der Waals surface area contributed by atoms with Gasteiger partial charge in [-0.3, -0.25) is 9.00 Å². The maximum atomic E-state index is 12.1. The molecule has 0 aliphatic heterocycles. The standard InChI is InChI=1S/C16H14N2O2S/c1-12-6-8-14(9-7-12)21(20)11-16(19)18-15-5-3-2-4-13(15)10-17/h2-9H,11H2,1H3,(H,18,19). The van der Waals surface area contributed by atoms with E-state index >= 15 is 0 Å². The number of anilines is 1. The van der Waals surface area contributed by atoms with E-state index in [0.29, 0.717) is 16.1 Å². The van der Waals surface area contributed by atoms with Gasteiger partial charge in [0.2, 0.25) is 5.91 Å². The normalized spacial score (nSPS) is 11.4. The minimum Gasteiger partial charge on any atom is -0.324 e. The largest absolute Gasteiger partial charge is 0.324 e. The summed E-state index contributed by atoms with van der Waals surface area (Å²) >= 11 is 0. The van der Waals surface area contributed by atoms with Crippen LogP contribution >= 0.6 is 0 Å². The third-order valence-electron chi connectivity index (χ3n) is 2.87. The number of benzene rings is 2. The van der Waals surface area contributed by atoms with E-state index in [9.17, 15) is 9.00 Å². The first-order valence-electron chi connectivity index (χ1n) is 6.34. The molecule has 1 atom stereocenters. The number of nitrogens with one attached hydrogen (secondary N) is 1. The summed E-state index contributed by atoms with van der Waals surface area (Å²) in [6, 6.07) is 15.9. The van der Waals surface area contributed by atoms with Crippen LogP contribution < -0.4 is 5.32 Å². The van der Waals surface area contributed by atoms with Crippen LogP contribution in [-0.2, 0) is 15.6 Å². The molecule has 2 aromatic rings. The maximum Gasteiger partial charge on any atom is 0.237 e. The van der Waals surface area contributed by atoms with Crippen LogP contribution in [0.2, 0.25) is 0 Å². The van der Waals surface area contributed by atoms with Crippen LogP contribution in [0.15, 0.2) is 53.4 Å². The lowest BCUT2D eigenvalue weighted by Crippen LogP contribution is -2.20. The lowest BCUT2D eigenvalue weighted by molar-refractivity contribution is -0.113. The van der Waals surface area contributed by atoms with Crippen molar-refractivity contribution in [3.05, 3.63) is 59.7 Å². The predicted octanol–water partition coefficient (Wildman–Crippen LogP) is 2.61. The van der Waals surface area contributed by atoms with Gasteiger partial charge in [0, 0.05) is 4.90 Å². The van der Waals surface area contributed by atoms with Crippen LogP contribution in [0.5, 0.6) is 0 Å². The molecular weight excluding hydrogens is 284 g/mol. The molecule has 0 saturated heterocycles. The fourth-order valence-corrected chi connectivity index (χ4v) is 2.68. The summed E-state index contributed by atoms with van der Waals surface area (Å²) in [6.07, 6.45) is 0. The lowest BCUT2D eigenvalue weighted by Gasteiger charge is -2.07. The number of nitriles is 1. The van der Waals surface area contributed by atoms with Gasteiger partial charge in [0.1, 0.15) is 11.8 Å². The Labute approximate surface area is 125 Å². The Morgan fingerprint density at radius 3 is 2.52 bits per heavy atom. The number of para-hydroxylation sites is 1. The molecule has 0 spiro atoms. The van der Waals surface area contributed by atoms with E-state index in [1.807, 2.05) is 25.1 Å². The van der Waals surface area contributed by atoms with Crippen molar-refractivity contribution in [1.29, 1.82) is 5.26 Å². The minimum absolute atomic E-state index is 0.136. The molecule has 2 rings (SSSR count). The second-order valence-corrected chi connectivity index (χ2v) is 5.96. The molecule has 5 heteroatoms. The van der Waals surface area contributed by atoms with Crippen LogP contribution in [0, 0.1) is 18.3 Å². The van der Waals surface area contributed by atoms with E-state index in [2.05, 4.69) is 5.32 Å². The van der Waals surface area contributed by atoms with Gasteiger partial charge < -0.3 is 5.32 Å². The Balaban J connectivity index is 2.03. The molecule has 1 unspecified atom stereocenters. The third-order valence-corrected chi connectivity index (χ3v) is 4.19. The molecule has 2 aromatic carbocycles. The Morgan fingerprint density at radius 2 is 1.86 bits per heavy atom. The highest BCUT2D eigenvalue weighted by Crippen LogP contribution is 2.14. The Bertz CT molecular complexity index is 718. The SMILES string of the molecule is Cc1ccc(S(=O)CC(=O)Nc2ccccc2C#N)cc1. The van der Waals surface area contributed by atoms with Crippen LogP contribution in [-0.4, -0.2) is 15.9 Å². The van der Waals surface area contributed by atoms with Crippen LogP contribution in [0.3, 0.4) is 0 Å². The number of carbonyl (C=O) groups excluding carboxylic acids is 1. The van der Waals surface area contributed by atoms with Gasteiger partial charge in [0.25, 0.3) is 0 Å². The number of hydrogen-bond donors (Lipinski definition) is 1. The Morgan fingerprint density at radius 1 is 1.19 bits per heavy atom. The van der Waals surface area contributed by atoms with Crippen molar-refractivity contribution in [2.75, 3.05) is 11.1 Å². The van der Waals surface area contributed by atoms with Gasteiger partial charge in [-0.1, -0.05) is 29.8 Å². The maximum absolute atomic E-state index is 12.1.